The largest absolute Gasteiger partial charge is 0.486 e. The van der Waals surface area contributed by atoms with Gasteiger partial charge in [0.25, 0.3) is 15.6 Å². The fraction of sp³-hybridized carbons (Fsp3) is 0.190. The van der Waals surface area contributed by atoms with Crippen molar-refractivity contribution < 1.29 is 22.7 Å². The van der Waals surface area contributed by atoms with Gasteiger partial charge in [0.1, 0.15) is 24.6 Å². The summed E-state index contributed by atoms with van der Waals surface area (Å²) in [7, 11) is -1.35. The lowest BCUT2D eigenvalue weighted by atomic mass is 10.0. The molecule has 0 saturated heterocycles. The van der Waals surface area contributed by atoms with Crippen LogP contribution in [-0.2, 0) is 24.1 Å². The molecule has 3 N–H and O–H groups in total. The molecule has 4 rings (SSSR count). The number of carbonyl (C=O) groups is 1. The minimum absolute atomic E-state index is 0.0200. The Balaban J connectivity index is 1.60. The molecule has 2 heterocycles. The number of rotatable bonds is 5. The fourth-order valence-electron chi connectivity index (χ4n) is 3.31. The normalized spacial score (nSPS) is 12.9. The monoisotopic (exact) mass is 472 g/mol. The minimum atomic E-state index is -3.94. The summed E-state index contributed by atoms with van der Waals surface area (Å²) >= 11 is 0. The fourth-order valence-corrected chi connectivity index (χ4v) is 4.39. The standard InChI is InChI=1S/C21H20N4O7S/c1-24-19(22)17(20(27)25(2)21(24)28)18(26)12-3-5-13(6-4-12)23-33(29,30)14-7-8-15-16(11-14)32-10-9-31-15/h3-8,11,23H,9-10,22H2,1-2H3. The van der Waals surface area contributed by atoms with Crippen molar-refractivity contribution in [3.05, 3.63) is 74.4 Å². The first-order valence-electron chi connectivity index (χ1n) is 9.73. The molecule has 0 saturated carbocycles. The molecule has 1 aliphatic heterocycles. The summed E-state index contributed by atoms with van der Waals surface area (Å²) < 4.78 is 40.6. The smallest absolute Gasteiger partial charge is 0.332 e. The lowest BCUT2D eigenvalue weighted by Crippen LogP contribution is -2.41. The van der Waals surface area contributed by atoms with Crippen molar-refractivity contribution in [2.75, 3.05) is 23.7 Å². The summed E-state index contributed by atoms with van der Waals surface area (Å²) in [6.45, 7) is 0.710. The number of nitrogens with two attached hydrogens (primary N) is 1. The molecule has 0 bridgehead atoms. The number of benzene rings is 2. The quantitative estimate of drug-likeness (QED) is 0.509. The van der Waals surface area contributed by atoms with Crippen LogP contribution in [0.3, 0.4) is 0 Å². The third kappa shape index (κ3) is 3.96. The second-order valence-electron chi connectivity index (χ2n) is 7.28. The Bertz CT molecular complexity index is 1490. The lowest BCUT2D eigenvalue weighted by molar-refractivity contribution is 0.103. The van der Waals surface area contributed by atoms with Crippen LogP contribution < -0.4 is 31.2 Å². The van der Waals surface area contributed by atoms with Gasteiger partial charge in [0.15, 0.2) is 11.5 Å². The van der Waals surface area contributed by atoms with Gasteiger partial charge in [0.05, 0.1) is 4.90 Å². The third-order valence-electron chi connectivity index (χ3n) is 5.16. The molecular weight excluding hydrogens is 452 g/mol. The van der Waals surface area contributed by atoms with Gasteiger partial charge in [-0.1, -0.05) is 0 Å². The van der Waals surface area contributed by atoms with Gasteiger partial charge in [0, 0.05) is 31.4 Å². The van der Waals surface area contributed by atoms with Crippen molar-refractivity contribution in [3.8, 4) is 11.5 Å². The number of anilines is 2. The number of carbonyl (C=O) groups excluding carboxylic acids is 1. The Hall–Kier alpha value is -4.06. The summed E-state index contributed by atoms with van der Waals surface area (Å²) in [5, 5.41) is 0. The van der Waals surface area contributed by atoms with E-state index in [9.17, 15) is 22.8 Å². The van der Waals surface area contributed by atoms with Crippen molar-refractivity contribution in [1.82, 2.24) is 9.13 Å². The summed E-state index contributed by atoms with van der Waals surface area (Å²) in [5.41, 5.74) is 4.32. The average Bonchev–Trinajstić information content (AvgIpc) is 2.81. The maximum absolute atomic E-state index is 12.9. The van der Waals surface area contributed by atoms with E-state index in [-0.39, 0.29) is 27.5 Å². The zero-order valence-corrected chi connectivity index (χ0v) is 18.5. The highest BCUT2D eigenvalue weighted by Gasteiger charge is 2.23. The van der Waals surface area contributed by atoms with Crippen LogP contribution in [0.15, 0.2) is 56.9 Å². The molecule has 0 amide bonds. The first-order chi connectivity index (χ1) is 15.6. The highest BCUT2D eigenvalue weighted by Crippen LogP contribution is 2.32. The number of sulfonamides is 1. The molecule has 12 heteroatoms. The molecule has 0 unspecified atom stereocenters. The molecule has 0 fully saturated rings. The average molecular weight is 472 g/mol. The van der Waals surface area contributed by atoms with Crippen molar-refractivity contribution in [2.45, 2.75) is 4.90 Å². The van der Waals surface area contributed by atoms with Gasteiger partial charge in [-0.05, 0) is 36.4 Å². The van der Waals surface area contributed by atoms with Crippen molar-refractivity contribution in [2.24, 2.45) is 14.1 Å². The number of hydrogen-bond donors (Lipinski definition) is 2. The Morgan fingerprint density at radius 3 is 2.27 bits per heavy atom. The topological polar surface area (TPSA) is 152 Å². The molecule has 11 nitrogen and oxygen atoms in total. The Labute approximate surface area is 188 Å². The van der Waals surface area contributed by atoms with E-state index in [1.165, 1.54) is 56.6 Å². The maximum atomic E-state index is 12.9. The lowest BCUT2D eigenvalue weighted by Gasteiger charge is -2.19. The van der Waals surface area contributed by atoms with Crippen molar-refractivity contribution in [3.63, 3.8) is 0 Å². The summed E-state index contributed by atoms with van der Waals surface area (Å²) in [6.07, 6.45) is 0. The molecule has 33 heavy (non-hydrogen) atoms. The Morgan fingerprint density at radius 1 is 0.970 bits per heavy atom. The number of ketones is 1. The van der Waals surface area contributed by atoms with E-state index in [1.54, 1.807) is 0 Å². The van der Waals surface area contributed by atoms with Gasteiger partial charge < -0.3 is 15.2 Å². The molecule has 0 radical (unpaired) electrons. The molecule has 0 aliphatic carbocycles. The number of nitrogen functional groups attached to an aromatic ring is 1. The van der Waals surface area contributed by atoms with Gasteiger partial charge in [-0.3, -0.25) is 23.4 Å². The summed E-state index contributed by atoms with van der Waals surface area (Å²) in [6, 6.07) is 9.75. The van der Waals surface area contributed by atoms with Crippen LogP contribution in [0.5, 0.6) is 11.5 Å². The Morgan fingerprint density at radius 2 is 1.61 bits per heavy atom. The number of nitrogens with one attached hydrogen (secondary N) is 1. The van der Waals surface area contributed by atoms with Gasteiger partial charge in [-0.2, -0.15) is 0 Å². The molecule has 1 aromatic heterocycles. The van der Waals surface area contributed by atoms with Gasteiger partial charge in [-0.15, -0.1) is 0 Å². The zero-order valence-electron chi connectivity index (χ0n) is 17.7. The van der Waals surface area contributed by atoms with Crippen LogP contribution in [0.4, 0.5) is 11.5 Å². The Kier molecular flexibility index (Phi) is 5.46. The predicted molar refractivity (Wildman–Crippen MR) is 119 cm³/mol. The van der Waals surface area contributed by atoms with E-state index in [0.29, 0.717) is 24.7 Å². The van der Waals surface area contributed by atoms with Crippen LogP contribution in [-0.4, -0.2) is 36.5 Å². The van der Waals surface area contributed by atoms with E-state index in [1.807, 2.05) is 0 Å². The van der Waals surface area contributed by atoms with Crippen molar-refractivity contribution >= 4 is 27.3 Å². The zero-order chi connectivity index (χ0) is 23.9. The van der Waals surface area contributed by atoms with Gasteiger partial charge >= 0.3 is 5.69 Å². The minimum Gasteiger partial charge on any atom is -0.486 e. The molecule has 0 atom stereocenters. The molecule has 0 spiro atoms. The second kappa shape index (κ2) is 8.13. The second-order valence-corrected chi connectivity index (χ2v) is 8.97. The number of hydrogen-bond acceptors (Lipinski definition) is 8. The highest BCUT2D eigenvalue weighted by atomic mass is 32.2. The first-order valence-corrected chi connectivity index (χ1v) is 11.2. The summed E-state index contributed by atoms with van der Waals surface area (Å²) in [4.78, 5) is 37.2. The van der Waals surface area contributed by atoms with E-state index < -0.39 is 27.1 Å². The SMILES string of the molecule is Cn1c(N)c(C(=O)c2ccc(NS(=O)(=O)c3ccc4c(c3)OCCO4)cc2)c(=O)n(C)c1=O. The first kappa shape index (κ1) is 22.1. The number of aromatic nitrogens is 2. The van der Waals surface area contributed by atoms with E-state index in [4.69, 9.17) is 15.2 Å². The van der Waals surface area contributed by atoms with E-state index in [2.05, 4.69) is 4.72 Å². The maximum Gasteiger partial charge on any atom is 0.332 e. The van der Waals surface area contributed by atoms with Crippen LogP contribution in [0, 0.1) is 0 Å². The van der Waals surface area contributed by atoms with Crippen LogP contribution in [0.25, 0.3) is 0 Å². The number of ether oxygens (including phenoxy) is 2. The number of nitrogens with zero attached hydrogens (tertiary/aromatic N) is 2. The van der Waals surface area contributed by atoms with Crippen LogP contribution in [0.2, 0.25) is 0 Å². The highest BCUT2D eigenvalue weighted by molar-refractivity contribution is 7.92. The number of fused-ring (bicyclic) bond motifs is 1. The van der Waals surface area contributed by atoms with Crippen molar-refractivity contribution in [1.29, 1.82) is 0 Å². The molecule has 172 valence electrons. The molecule has 1 aliphatic rings. The van der Waals surface area contributed by atoms with E-state index in [0.717, 1.165) is 9.13 Å². The van der Waals surface area contributed by atoms with Crippen LogP contribution in [0.1, 0.15) is 15.9 Å². The molecular formula is C21H20N4O7S. The van der Waals surface area contributed by atoms with Gasteiger partial charge in [0.2, 0.25) is 5.78 Å². The van der Waals surface area contributed by atoms with Crippen LogP contribution >= 0.6 is 0 Å². The summed E-state index contributed by atoms with van der Waals surface area (Å²) in [5.74, 6) is -0.144. The third-order valence-corrected chi connectivity index (χ3v) is 6.54. The predicted octanol–water partition coefficient (Wildman–Crippen LogP) is 0.469. The molecule has 3 aromatic rings. The van der Waals surface area contributed by atoms with E-state index >= 15 is 0 Å². The molecule has 2 aromatic carbocycles. The van der Waals surface area contributed by atoms with Gasteiger partial charge in [-0.25, -0.2) is 13.2 Å².